The summed E-state index contributed by atoms with van der Waals surface area (Å²) >= 11 is 0. The van der Waals surface area contributed by atoms with E-state index in [0.29, 0.717) is 17.0 Å². The minimum absolute atomic E-state index is 0.181. The highest BCUT2D eigenvalue weighted by molar-refractivity contribution is 5.88. The number of nitro benzene ring substituents is 1. The van der Waals surface area contributed by atoms with E-state index in [4.69, 9.17) is 9.47 Å². The number of hydrogen-bond donors (Lipinski definition) is 0. The normalized spacial score (nSPS) is 10.8. The summed E-state index contributed by atoms with van der Waals surface area (Å²) < 4.78 is 23.7. The Kier molecular flexibility index (Phi) is 4.90. The topological polar surface area (TPSA) is 74.0 Å². The lowest BCUT2D eigenvalue weighted by atomic mass is 10.1. The molecule has 2 rings (SSSR count). The lowest BCUT2D eigenvalue weighted by molar-refractivity contribution is -0.385. The van der Waals surface area contributed by atoms with Gasteiger partial charge in [0.15, 0.2) is 11.5 Å². The van der Waals surface area contributed by atoms with Crippen molar-refractivity contribution in [1.29, 1.82) is 0 Å². The van der Waals surface area contributed by atoms with Crippen LogP contribution in [0.25, 0.3) is 0 Å². The molecule has 0 spiro atoms. The standard InChI is InChI=1S/C16H15FN2O4/c1-10-4-5-12(7-13(10)17)18-9-11-6-15(22-2)16(23-3)8-14(11)19(20)21/h4-9H,1-3H3. The first-order valence-corrected chi connectivity index (χ1v) is 6.67. The van der Waals surface area contributed by atoms with Crippen molar-refractivity contribution in [1.82, 2.24) is 0 Å². The molecule has 0 saturated heterocycles. The summed E-state index contributed by atoms with van der Waals surface area (Å²) in [5.74, 6) is 0.203. The Morgan fingerprint density at radius 2 is 1.83 bits per heavy atom. The van der Waals surface area contributed by atoms with Gasteiger partial charge >= 0.3 is 0 Å². The number of halogens is 1. The lowest BCUT2D eigenvalue weighted by Gasteiger charge is -2.08. The molecule has 0 saturated carbocycles. The molecule has 2 aromatic carbocycles. The van der Waals surface area contributed by atoms with E-state index in [0.717, 1.165) is 0 Å². The molecule has 0 fully saturated rings. The Morgan fingerprint density at radius 1 is 1.17 bits per heavy atom. The van der Waals surface area contributed by atoms with Crippen molar-refractivity contribution in [2.45, 2.75) is 6.92 Å². The summed E-state index contributed by atoms with van der Waals surface area (Å²) in [5, 5.41) is 11.2. The minimum Gasteiger partial charge on any atom is -0.493 e. The molecule has 0 aromatic heterocycles. The molecule has 0 heterocycles. The number of nitrogens with zero attached hydrogens (tertiary/aromatic N) is 2. The van der Waals surface area contributed by atoms with E-state index in [1.54, 1.807) is 19.1 Å². The van der Waals surface area contributed by atoms with Crippen molar-refractivity contribution in [2.24, 2.45) is 4.99 Å². The molecule has 0 aliphatic heterocycles. The van der Waals surface area contributed by atoms with Crippen LogP contribution in [0, 0.1) is 22.9 Å². The third-order valence-electron chi connectivity index (χ3n) is 3.24. The zero-order chi connectivity index (χ0) is 17.0. The van der Waals surface area contributed by atoms with Crippen molar-refractivity contribution in [3.63, 3.8) is 0 Å². The quantitative estimate of drug-likeness (QED) is 0.477. The van der Waals surface area contributed by atoms with Gasteiger partial charge in [-0.05, 0) is 30.7 Å². The van der Waals surface area contributed by atoms with Crippen molar-refractivity contribution in [2.75, 3.05) is 14.2 Å². The number of aryl methyl sites for hydroxylation is 1. The maximum Gasteiger partial charge on any atom is 0.282 e. The highest BCUT2D eigenvalue weighted by Gasteiger charge is 2.18. The molecule has 0 atom stereocenters. The van der Waals surface area contributed by atoms with Crippen molar-refractivity contribution in [3.8, 4) is 11.5 Å². The fourth-order valence-corrected chi connectivity index (χ4v) is 1.95. The Hall–Kier alpha value is -2.96. The van der Waals surface area contributed by atoms with Gasteiger partial charge < -0.3 is 9.47 Å². The highest BCUT2D eigenvalue weighted by Crippen LogP contribution is 2.34. The van der Waals surface area contributed by atoms with Gasteiger partial charge in [-0.2, -0.15) is 0 Å². The number of hydrogen-bond acceptors (Lipinski definition) is 5. The number of nitro groups is 1. The first kappa shape index (κ1) is 16.4. The van der Waals surface area contributed by atoms with Crippen molar-refractivity contribution < 1.29 is 18.8 Å². The van der Waals surface area contributed by atoms with E-state index >= 15 is 0 Å². The van der Waals surface area contributed by atoms with E-state index in [1.165, 1.54) is 38.6 Å². The van der Waals surface area contributed by atoms with Gasteiger partial charge in [0, 0.05) is 6.21 Å². The van der Waals surface area contributed by atoms with Crippen LogP contribution in [0.3, 0.4) is 0 Å². The zero-order valence-corrected chi connectivity index (χ0v) is 12.9. The predicted molar refractivity (Wildman–Crippen MR) is 84.6 cm³/mol. The van der Waals surface area contributed by atoms with Crippen LogP contribution >= 0.6 is 0 Å². The largest absolute Gasteiger partial charge is 0.493 e. The van der Waals surface area contributed by atoms with Crippen LogP contribution in [-0.2, 0) is 0 Å². The van der Waals surface area contributed by atoms with Crippen LogP contribution in [0.1, 0.15) is 11.1 Å². The average Bonchev–Trinajstić information content (AvgIpc) is 2.54. The van der Waals surface area contributed by atoms with E-state index in [2.05, 4.69) is 4.99 Å². The second-order valence-electron chi connectivity index (χ2n) is 4.71. The van der Waals surface area contributed by atoms with E-state index < -0.39 is 4.92 Å². The van der Waals surface area contributed by atoms with Gasteiger partial charge in [0.1, 0.15) is 5.82 Å². The molecular formula is C16H15FN2O4. The molecule has 6 nitrogen and oxygen atoms in total. The fraction of sp³-hybridized carbons (Fsp3) is 0.188. The molecule has 23 heavy (non-hydrogen) atoms. The smallest absolute Gasteiger partial charge is 0.282 e. The molecule has 7 heteroatoms. The second-order valence-corrected chi connectivity index (χ2v) is 4.71. The molecule has 0 N–H and O–H groups in total. The zero-order valence-electron chi connectivity index (χ0n) is 12.9. The molecule has 0 aliphatic rings. The third kappa shape index (κ3) is 3.63. The lowest BCUT2D eigenvalue weighted by Crippen LogP contribution is -1.98. The van der Waals surface area contributed by atoms with E-state index in [9.17, 15) is 14.5 Å². The molecule has 0 unspecified atom stereocenters. The van der Waals surface area contributed by atoms with Crippen LogP contribution < -0.4 is 9.47 Å². The Labute approximate surface area is 132 Å². The first-order chi connectivity index (χ1) is 11.0. The number of rotatable bonds is 5. The van der Waals surface area contributed by atoms with Crippen LogP contribution in [0.5, 0.6) is 11.5 Å². The molecular weight excluding hydrogens is 303 g/mol. The number of ether oxygens (including phenoxy) is 2. The Morgan fingerprint density at radius 3 is 2.39 bits per heavy atom. The third-order valence-corrected chi connectivity index (χ3v) is 3.24. The van der Waals surface area contributed by atoms with Gasteiger partial charge in [-0.1, -0.05) is 6.07 Å². The summed E-state index contributed by atoms with van der Waals surface area (Å²) in [5.41, 5.74) is 0.908. The Balaban J connectivity index is 2.46. The minimum atomic E-state index is -0.543. The first-order valence-electron chi connectivity index (χ1n) is 6.67. The highest BCUT2D eigenvalue weighted by atomic mass is 19.1. The van der Waals surface area contributed by atoms with Gasteiger partial charge in [0.25, 0.3) is 5.69 Å². The van der Waals surface area contributed by atoms with Crippen LogP contribution in [0.4, 0.5) is 15.8 Å². The van der Waals surface area contributed by atoms with E-state index in [1.807, 2.05) is 0 Å². The molecule has 0 radical (unpaired) electrons. The summed E-state index contributed by atoms with van der Waals surface area (Å²) in [4.78, 5) is 14.7. The second kappa shape index (κ2) is 6.87. The van der Waals surface area contributed by atoms with Crippen molar-refractivity contribution >= 4 is 17.6 Å². The molecule has 2 aromatic rings. The number of aliphatic imine (C=N–C) groups is 1. The summed E-state index contributed by atoms with van der Waals surface area (Å²) in [7, 11) is 2.82. The van der Waals surface area contributed by atoms with Gasteiger partial charge in [0.05, 0.1) is 36.5 Å². The van der Waals surface area contributed by atoms with Gasteiger partial charge in [0.2, 0.25) is 0 Å². The van der Waals surface area contributed by atoms with Gasteiger partial charge in [-0.25, -0.2) is 4.39 Å². The SMILES string of the molecule is COc1cc(C=Nc2ccc(C)c(F)c2)c([N+](=O)[O-])cc1OC. The summed E-state index contributed by atoms with van der Waals surface area (Å²) in [6, 6.07) is 7.19. The average molecular weight is 318 g/mol. The monoisotopic (exact) mass is 318 g/mol. The van der Waals surface area contributed by atoms with Gasteiger partial charge in [-0.3, -0.25) is 15.1 Å². The molecule has 0 bridgehead atoms. The van der Waals surface area contributed by atoms with Crippen LogP contribution in [0.2, 0.25) is 0 Å². The van der Waals surface area contributed by atoms with Crippen LogP contribution in [0.15, 0.2) is 35.3 Å². The van der Waals surface area contributed by atoms with Crippen molar-refractivity contribution in [3.05, 3.63) is 57.4 Å². The predicted octanol–water partition coefficient (Wildman–Crippen LogP) is 3.81. The maximum absolute atomic E-state index is 13.5. The van der Waals surface area contributed by atoms with Gasteiger partial charge in [-0.15, -0.1) is 0 Å². The molecule has 120 valence electrons. The maximum atomic E-state index is 13.5. The summed E-state index contributed by atoms with van der Waals surface area (Å²) in [6.07, 6.45) is 1.30. The number of methoxy groups -OCH3 is 2. The summed E-state index contributed by atoms with van der Waals surface area (Å²) in [6.45, 7) is 1.64. The Bertz CT molecular complexity index is 775. The fourth-order valence-electron chi connectivity index (χ4n) is 1.95. The molecule has 0 aliphatic carbocycles. The number of benzene rings is 2. The molecule has 0 amide bonds. The van der Waals surface area contributed by atoms with Crippen LogP contribution in [-0.4, -0.2) is 25.4 Å². The van der Waals surface area contributed by atoms with E-state index in [-0.39, 0.29) is 22.8 Å².